The zero-order valence-electron chi connectivity index (χ0n) is 22.0. The number of nitrogens with two attached hydrogens (primary N) is 1. The number of rotatable bonds is 9. The number of aromatic carboxylic acids is 1. The van der Waals surface area contributed by atoms with Crippen molar-refractivity contribution < 1.29 is 28.7 Å². The predicted octanol–water partition coefficient (Wildman–Crippen LogP) is 2.28. The Morgan fingerprint density at radius 2 is 1.83 bits per heavy atom. The topological polar surface area (TPSA) is 192 Å². The van der Waals surface area contributed by atoms with Crippen molar-refractivity contribution in [1.29, 1.82) is 0 Å². The molecule has 0 fully saturated rings. The number of carboxylic acid groups (broad SMARTS) is 1. The molecule has 0 spiro atoms. The van der Waals surface area contributed by atoms with Crippen molar-refractivity contribution in [1.82, 2.24) is 24.5 Å². The van der Waals surface area contributed by atoms with E-state index in [1.165, 1.54) is 33.5 Å². The van der Waals surface area contributed by atoms with E-state index in [9.17, 15) is 24.0 Å². The number of hydrogen-bond acceptors (Lipinski definition) is 8. The van der Waals surface area contributed by atoms with Gasteiger partial charge < -0.3 is 20.6 Å². The zero-order chi connectivity index (χ0) is 29.4. The number of ketones is 1. The largest absolute Gasteiger partial charge is 0.478 e. The van der Waals surface area contributed by atoms with Gasteiger partial charge in [-0.25, -0.2) is 19.1 Å². The fourth-order valence-electron chi connectivity index (χ4n) is 4.46. The molecule has 2 aromatic carbocycles. The zero-order valence-corrected chi connectivity index (χ0v) is 22.0. The molecule has 2 amide bonds. The van der Waals surface area contributed by atoms with Crippen LogP contribution in [0.1, 0.15) is 72.1 Å². The maximum absolute atomic E-state index is 13.4. The van der Waals surface area contributed by atoms with Gasteiger partial charge in [-0.1, -0.05) is 25.1 Å². The molecule has 0 saturated heterocycles. The summed E-state index contributed by atoms with van der Waals surface area (Å²) in [7, 11) is 1.57. The number of fused-ring (bicyclic) bond motifs is 2. The summed E-state index contributed by atoms with van der Waals surface area (Å²) in [5.74, 6) is -3.68. The monoisotopic (exact) mass is 556 g/mol. The van der Waals surface area contributed by atoms with Crippen LogP contribution in [0.15, 0.2) is 63.9 Å². The lowest BCUT2D eigenvalue weighted by atomic mass is 9.94. The highest BCUT2D eigenvalue weighted by molar-refractivity contribution is 6.03. The summed E-state index contributed by atoms with van der Waals surface area (Å²) in [5, 5.41) is 16.0. The number of carbonyl (C=O) groups excluding carboxylic acids is 3. The number of Topliss-reactive ketones (excluding diaryl/α,β-unsaturated/α-hetero) is 1. The lowest BCUT2D eigenvalue weighted by Crippen LogP contribution is -2.25. The SMILES string of the molecule is C[C@@H](CC(=O)c1cc(C(=O)NCc2ccc3oc(=O)n(C)c3c2)nc2c(C(N)=O)cnn12)c1ccc(C(=O)O)cc1. The maximum atomic E-state index is 13.4. The molecule has 3 aromatic heterocycles. The average molecular weight is 557 g/mol. The van der Waals surface area contributed by atoms with Gasteiger partial charge in [-0.3, -0.25) is 19.0 Å². The number of hydrogen-bond donors (Lipinski definition) is 3. The summed E-state index contributed by atoms with van der Waals surface area (Å²) in [4.78, 5) is 65.8. The van der Waals surface area contributed by atoms with Crippen LogP contribution in [-0.4, -0.2) is 47.8 Å². The van der Waals surface area contributed by atoms with E-state index in [4.69, 9.17) is 15.3 Å². The molecule has 41 heavy (non-hydrogen) atoms. The number of aryl methyl sites for hydroxylation is 1. The van der Waals surface area contributed by atoms with Crippen molar-refractivity contribution in [2.45, 2.75) is 25.8 Å². The second kappa shape index (κ2) is 10.5. The molecule has 5 rings (SSSR count). The fourth-order valence-corrected chi connectivity index (χ4v) is 4.46. The highest BCUT2D eigenvalue weighted by atomic mass is 16.4. The Kier molecular flexibility index (Phi) is 6.93. The van der Waals surface area contributed by atoms with E-state index >= 15 is 0 Å². The minimum absolute atomic E-state index is 0.00178. The third-order valence-electron chi connectivity index (χ3n) is 6.78. The first kappa shape index (κ1) is 27.0. The van der Waals surface area contributed by atoms with Gasteiger partial charge >= 0.3 is 11.7 Å². The number of carboxylic acids is 1. The minimum atomic E-state index is -1.05. The van der Waals surface area contributed by atoms with Crippen molar-refractivity contribution in [2.75, 3.05) is 0 Å². The predicted molar refractivity (Wildman–Crippen MR) is 145 cm³/mol. The maximum Gasteiger partial charge on any atom is 0.419 e. The first-order valence-electron chi connectivity index (χ1n) is 12.4. The Balaban J connectivity index is 1.42. The molecule has 0 aliphatic rings. The standard InChI is InChI=1S/C28H24N6O7/c1-14(16-4-6-17(7-5-16)27(38)39)9-22(35)20-11-19(32-25-18(24(29)36)13-31-34(20)25)26(37)30-12-15-3-8-23-21(10-15)33(2)28(40)41-23/h3-8,10-11,13-14H,9,12H2,1-2H3,(H2,29,36)(H,30,37)(H,38,39)/t14-/m0/s1. The second-order valence-corrected chi connectivity index (χ2v) is 9.55. The molecule has 4 N–H and O–H groups in total. The van der Waals surface area contributed by atoms with Crippen molar-refractivity contribution in [3.63, 3.8) is 0 Å². The lowest BCUT2D eigenvalue weighted by molar-refractivity contribution is 0.0696. The molecule has 1 atom stereocenters. The van der Waals surface area contributed by atoms with E-state index in [1.54, 1.807) is 37.4 Å². The highest BCUT2D eigenvalue weighted by Gasteiger charge is 2.23. The first-order chi connectivity index (χ1) is 19.5. The molecular formula is C28H24N6O7. The van der Waals surface area contributed by atoms with E-state index in [0.717, 1.165) is 5.56 Å². The molecule has 3 heterocycles. The van der Waals surface area contributed by atoms with Crippen LogP contribution in [0.5, 0.6) is 0 Å². The Morgan fingerprint density at radius 3 is 2.51 bits per heavy atom. The van der Waals surface area contributed by atoms with Crippen LogP contribution in [0, 0.1) is 0 Å². The van der Waals surface area contributed by atoms with Crippen LogP contribution in [-0.2, 0) is 13.6 Å². The second-order valence-electron chi connectivity index (χ2n) is 9.55. The molecule has 0 aliphatic carbocycles. The van der Waals surface area contributed by atoms with Crippen LogP contribution in [0.2, 0.25) is 0 Å². The van der Waals surface area contributed by atoms with E-state index < -0.39 is 23.5 Å². The number of primary amides is 1. The van der Waals surface area contributed by atoms with E-state index in [0.29, 0.717) is 16.7 Å². The van der Waals surface area contributed by atoms with Gasteiger partial charge in [0, 0.05) is 20.0 Å². The number of oxazole rings is 1. The van der Waals surface area contributed by atoms with Gasteiger partial charge in [0.25, 0.3) is 11.8 Å². The Hall–Kier alpha value is -5.59. The number of benzene rings is 2. The van der Waals surface area contributed by atoms with Crippen molar-refractivity contribution in [2.24, 2.45) is 12.8 Å². The summed E-state index contributed by atoms with van der Waals surface area (Å²) in [6, 6.07) is 12.5. The molecule has 5 aromatic rings. The molecule has 0 unspecified atom stereocenters. The Labute approximate surface area is 231 Å². The number of nitrogens with zero attached hydrogens (tertiary/aromatic N) is 4. The van der Waals surface area contributed by atoms with Gasteiger partial charge in [-0.05, 0) is 47.4 Å². The van der Waals surface area contributed by atoms with Crippen molar-refractivity contribution in [3.8, 4) is 0 Å². The van der Waals surface area contributed by atoms with Gasteiger partial charge in [0.1, 0.15) is 17.0 Å². The Morgan fingerprint density at radius 1 is 1.10 bits per heavy atom. The smallest absolute Gasteiger partial charge is 0.419 e. The van der Waals surface area contributed by atoms with Crippen molar-refractivity contribution in [3.05, 3.63) is 98.9 Å². The van der Waals surface area contributed by atoms with Gasteiger partial charge in [0.15, 0.2) is 17.0 Å². The van der Waals surface area contributed by atoms with Crippen LogP contribution in [0.25, 0.3) is 16.7 Å². The quantitative estimate of drug-likeness (QED) is 0.228. The number of aromatic nitrogens is 4. The Bertz CT molecular complexity index is 1920. The summed E-state index contributed by atoms with van der Waals surface area (Å²) in [6.45, 7) is 1.89. The molecule has 13 nitrogen and oxygen atoms in total. The minimum Gasteiger partial charge on any atom is -0.478 e. The number of amides is 2. The molecule has 0 aliphatic heterocycles. The molecule has 208 valence electrons. The first-order valence-corrected chi connectivity index (χ1v) is 12.4. The van der Waals surface area contributed by atoms with E-state index in [-0.39, 0.29) is 52.8 Å². The number of nitrogens with one attached hydrogen (secondary N) is 1. The normalized spacial score (nSPS) is 12.0. The third-order valence-corrected chi connectivity index (χ3v) is 6.78. The van der Waals surface area contributed by atoms with E-state index in [1.807, 2.05) is 6.92 Å². The summed E-state index contributed by atoms with van der Waals surface area (Å²) in [6.07, 6.45) is 1.18. The molecule has 0 bridgehead atoms. The molecule has 0 radical (unpaired) electrons. The van der Waals surface area contributed by atoms with Gasteiger partial charge in [0.05, 0.1) is 17.3 Å². The van der Waals surface area contributed by atoms with Gasteiger partial charge in [0.2, 0.25) is 0 Å². The average Bonchev–Trinajstić information content (AvgIpc) is 3.51. The van der Waals surface area contributed by atoms with Gasteiger partial charge in [-0.15, -0.1) is 0 Å². The van der Waals surface area contributed by atoms with Crippen LogP contribution in [0.4, 0.5) is 0 Å². The molecule has 13 heteroatoms. The van der Waals surface area contributed by atoms with E-state index in [2.05, 4.69) is 15.4 Å². The summed E-state index contributed by atoms with van der Waals surface area (Å²) >= 11 is 0. The van der Waals surface area contributed by atoms with Crippen LogP contribution >= 0.6 is 0 Å². The molecular weight excluding hydrogens is 532 g/mol. The summed E-state index contributed by atoms with van der Waals surface area (Å²) < 4.78 is 7.65. The van der Waals surface area contributed by atoms with Crippen LogP contribution < -0.4 is 16.8 Å². The van der Waals surface area contributed by atoms with Gasteiger partial charge in [-0.2, -0.15) is 5.10 Å². The fraction of sp³-hybridized carbons (Fsp3) is 0.179. The number of carbonyl (C=O) groups is 4. The highest BCUT2D eigenvalue weighted by Crippen LogP contribution is 2.23. The summed E-state index contributed by atoms with van der Waals surface area (Å²) in [5.41, 5.74) is 7.80. The lowest BCUT2D eigenvalue weighted by Gasteiger charge is -2.13. The third kappa shape index (κ3) is 5.20. The van der Waals surface area contributed by atoms with Crippen LogP contribution in [0.3, 0.4) is 0 Å². The molecule has 0 saturated carbocycles. The van der Waals surface area contributed by atoms with Crippen molar-refractivity contribution >= 4 is 40.3 Å².